The van der Waals surface area contributed by atoms with Crippen LogP contribution in [0.2, 0.25) is 0 Å². The van der Waals surface area contributed by atoms with Crippen molar-refractivity contribution in [1.29, 1.82) is 0 Å². The van der Waals surface area contributed by atoms with Crippen molar-refractivity contribution in [1.82, 2.24) is 4.98 Å². The smallest absolute Gasteiger partial charge is 0.128 e. The highest BCUT2D eigenvalue weighted by Crippen LogP contribution is 2.19. The largest absolute Gasteiger partial charge is 0.324 e. The van der Waals surface area contributed by atoms with Gasteiger partial charge in [0.2, 0.25) is 0 Å². The van der Waals surface area contributed by atoms with Crippen molar-refractivity contribution in [3.05, 3.63) is 65.2 Å². The molecule has 1 atom stereocenters. The van der Waals surface area contributed by atoms with Crippen LogP contribution in [0.25, 0.3) is 0 Å². The number of nitrogens with two attached hydrogens (primary N) is 1. The molecule has 2 aromatic rings. The van der Waals surface area contributed by atoms with Crippen LogP contribution in [0, 0.1) is 12.7 Å². The highest BCUT2D eigenvalue weighted by atomic mass is 19.1. The summed E-state index contributed by atoms with van der Waals surface area (Å²) in [4.78, 5) is 4.19. The second-order valence-electron chi connectivity index (χ2n) is 4.16. The van der Waals surface area contributed by atoms with Crippen molar-refractivity contribution < 1.29 is 4.39 Å². The molecule has 2 nitrogen and oxygen atoms in total. The van der Waals surface area contributed by atoms with E-state index in [9.17, 15) is 4.39 Å². The molecular weight excluding hydrogens is 215 g/mol. The first-order chi connectivity index (χ1) is 8.16. The Hall–Kier alpha value is -1.74. The molecule has 2 rings (SSSR count). The molecule has 3 heteroatoms. The zero-order valence-corrected chi connectivity index (χ0v) is 9.73. The summed E-state index contributed by atoms with van der Waals surface area (Å²) in [5.41, 5.74) is 8.46. The van der Waals surface area contributed by atoms with Gasteiger partial charge in [0.25, 0.3) is 0 Å². The first kappa shape index (κ1) is 11.7. The fourth-order valence-corrected chi connectivity index (χ4v) is 1.80. The Kier molecular flexibility index (Phi) is 3.49. The number of pyridine rings is 1. The Morgan fingerprint density at radius 3 is 2.82 bits per heavy atom. The molecule has 0 amide bonds. The van der Waals surface area contributed by atoms with Gasteiger partial charge in [0.15, 0.2) is 0 Å². The lowest BCUT2D eigenvalue weighted by Crippen LogP contribution is -2.15. The summed E-state index contributed by atoms with van der Waals surface area (Å²) in [6.45, 7) is 1.93. The normalized spacial score (nSPS) is 12.4. The summed E-state index contributed by atoms with van der Waals surface area (Å²) in [6, 6.07) is 10.3. The Labute approximate surface area is 100 Å². The van der Waals surface area contributed by atoms with E-state index in [0.717, 1.165) is 11.3 Å². The number of benzene rings is 1. The molecule has 1 unspecified atom stereocenters. The van der Waals surface area contributed by atoms with E-state index < -0.39 is 0 Å². The fraction of sp³-hybridized carbons (Fsp3) is 0.214. The molecule has 17 heavy (non-hydrogen) atoms. The maximum absolute atomic E-state index is 13.6. The third-order valence-corrected chi connectivity index (χ3v) is 2.71. The van der Waals surface area contributed by atoms with Crippen molar-refractivity contribution in [2.24, 2.45) is 5.73 Å². The average molecular weight is 230 g/mol. The number of aryl methyl sites for hydroxylation is 1. The summed E-state index contributed by atoms with van der Waals surface area (Å²) < 4.78 is 13.6. The van der Waals surface area contributed by atoms with Crippen molar-refractivity contribution >= 4 is 0 Å². The number of nitrogens with zero attached hydrogens (tertiary/aromatic N) is 1. The fourth-order valence-electron chi connectivity index (χ4n) is 1.80. The molecular formula is C14H15FN2. The van der Waals surface area contributed by atoms with E-state index in [0.29, 0.717) is 12.0 Å². The minimum Gasteiger partial charge on any atom is -0.324 e. The number of hydrogen-bond donors (Lipinski definition) is 1. The Balaban J connectivity index is 2.20. The van der Waals surface area contributed by atoms with Gasteiger partial charge in [0.05, 0.1) is 0 Å². The molecule has 0 aliphatic heterocycles. The summed E-state index contributed by atoms with van der Waals surface area (Å²) in [5.74, 6) is -0.251. The van der Waals surface area contributed by atoms with Crippen LogP contribution in [0.1, 0.15) is 22.9 Å². The monoisotopic (exact) mass is 230 g/mol. The van der Waals surface area contributed by atoms with E-state index in [-0.39, 0.29) is 11.9 Å². The van der Waals surface area contributed by atoms with Gasteiger partial charge in [-0.3, -0.25) is 4.98 Å². The lowest BCUT2D eigenvalue weighted by molar-refractivity contribution is 0.577. The lowest BCUT2D eigenvalue weighted by atomic mass is 10.00. The second-order valence-corrected chi connectivity index (χ2v) is 4.16. The highest BCUT2D eigenvalue weighted by molar-refractivity contribution is 5.27. The number of halogens is 1. The molecule has 0 saturated carbocycles. The van der Waals surface area contributed by atoms with E-state index in [1.54, 1.807) is 18.3 Å². The van der Waals surface area contributed by atoms with Crippen LogP contribution >= 0.6 is 0 Å². The van der Waals surface area contributed by atoms with Crippen molar-refractivity contribution in [3.8, 4) is 0 Å². The van der Waals surface area contributed by atoms with Gasteiger partial charge in [0.1, 0.15) is 5.82 Å². The van der Waals surface area contributed by atoms with Crippen LogP contribution in [0.15, 0.2) is 42.6 Å². The van der Waals surface area contributed by atoms with Crippen molar-refractivity contribution in [2.45, 2.75) is 19.4 Å². The molecule has 88 valence electrons. The van der Waals surface area contributed by atoms with Gasteiger partial charge in [-0.15, -0.1) is 0 Å². The van der Waals surface area contributed by atoms with Gasteiger partial charge in [-0.05, 0) is 25.1 Å². The first-order valence-corrected chi connectivity index (χ1v) is 5.58. The Bertz CT molecular complexity index is 497. The Morgan fingerprint density at radius 2 is 2.12 bits per heavy atom. The van der Waals surface area contributed by atoms with E-state index in [4.69, 9.17) is 5.73 Å². The number of hydrogen-bond acceptors (Lipinski definition) is 2. The van der Waals surface area contributed by atoms with E-state index >= 15 is 0 Å². The highest BCUT2D eigenvalue weighted by Gasteiger charge is 2.12. The van der Waals surface area contributed by atoms with Crippen LogP contribution in [-0.4, -0.2) is 4.98 Å². The molecule has 1 aromatic heterocycles. The minimum atomic E-state index is -0.357. The Morgan fingerprint density at radius 1 is 1.29 bits per heavy atom. The lowest BCUT2D eigenvalue weighted by Gasteiger charge is -2.13. The first-order valence-electron chi connectivity index (χ1n) is 5.58. The van der Waals surface area contributed by atoms with Gasteiger partial charge >= 0.3 is 0 Å². The molecule has 0 radical (unpaired) electrons. The van der Waals surface area contributed by atoms with Crippen LogP contribution in [0.5, 0.6) is 0 Å². The third kappa shape index (κ3) is 2.88. The molecule has 0 aliphatic rings. The molecule has 0 saturated heterocycles. The third-order valence-electron chi connectivity index (χ3n) is 2.71. The van der Waals surface area contributed by atoms with Crippen LogP contribution < -0.4 is 5.73 Å². The summed E-state index contributed by atoms with van der Waals surface area (Å²) >= 11 is 0. The molecule has 0 aliphatic carbocycles. The van der Waals surface area contributed by atoms with Gasteiger partial charge < -0.3 is 5.73 Å². The standard InChI is InChI=1S/C14H15FN2/c1-10-5-6-13(15)12(8-10)14(16)9-11-4-2-3-7-17-11/h2-8,14H,9,16H2,1H3. The van der Waals surface area contributed by atoms with Crippen LogP contribution in [0.4, 0.5) is 4.39 Å². The topological polar surface area (TPSA) is 38.9 Å². The summed E-state index contributed by atoms with van der Waals surface area (Å²) in [5, 5.41) is 0. The molecule has 0 bridgehead atoms. The molecule has 2 N–H and O–H groups in total. The van der Waals surface area contributed by atoms with Crippen molar-refractivity contribution in [3.63, 3.8) is 0 Å². The second kappa shape index (κ2) is 5.06. The van der Waals surface area contributed by atoms with E-state index in [1.165, 1.54) is 6.07 Å². The van der Waals surface area contributed by atoms with Crippen LogP contribution in [-0.2, 0) is 6.42 Å². The van der Waals surface area contributed by atoms with Gasteiger partial charge in [-0.25, -0.2) is 4.39 Å². The van der Waals surface area contributed by atoms with E-state index in [1.807, 2.05) is 25.1 Å². The maximum atomic E-state index is 13.6. The predicted octanol–water partition coefficient (Wildman–Crippen LogP) is 2.77. The molecule has 0 spiro atoms. The summed E-state index contributed by atoms with van der Waals surface area (Å²) in [7, 11) is 0. The predicted molar refractivity (Wildman–Crippen MR) is 66.0 cm³/mol. The zero-order valence-electron chi connectivity index (χ0n) is 9.73. The minimum absolute atomic E-state index is 0.251. The quantitative estimate of drug-likeness (QED) is 0.880. The molecule has 1 heterocycles. The number of aromatic nitrogens is 1. The SMILES string of the molecule is Cc1ccc(F)c(C(N)Cc2ccccn2)c1. The summed E-state index contributed by atoms with van der Waals surface area (Å²) in [6.07, 6.45) is 2.26. The van der Waals surface area contributed by atoms with Crippen LogP contribution in [0.3, 0.4) is 0 Å². The van der Waals surface area contributed by atoms with Gasteiger partial charge in [-0.2, -0.15) is 0 Å². The van der Waals surface area contributed by atoms with Crippen molar-refractivity contribution in [2.75, 3.05) is 0 Å². The maximum Gasteiger partial charge on any atom is 0.128 e. The van der Waals surface area contributed by atoms with E-state index in [2.05, 4.69) is 4.98 Å². The van der Waals surface area contributed by atoms with Gasteiger partial charge in [-0.1, -0.05) is 23.8 Å². The van der Waals surface area contributed by atoms with Gasteiger partial charge in [0, 0.05) is 29.9 Å². The molecule has 1 aromatic carbocycles. The average Bonchev–Trinajstić information content (AvgIpc) is 2.33. The molecule has 0 fully saturated rings. The zero-order chi connectivity index (χ0) is 12.3. The number of rotatable bonds is 3.